The lowest BCUT2D eigenvalue weighted by Crippen LogP contribution is -1.97. The molecule has 0 aromatic heterocycles. The van der Waals surface area contributed by atoms with Crippen LogP contribution in [-0.4, -0.2) is 31.2 Å². The molecule has 0 saturated heterocycles. The number of aliphatic imine (C=N–C) groups is 1. The van der Waals surface area contributed by atoms with Gasteiger partial charge < -0.3 is 10.2 Å². The molecule has 31 heavy (non-hydrogen) atoms. The predicted octanol–water partition coefficient (Wildman–Crippen LogP) is 4.26. The molecule has 158 valence electrons. The smallest absolute Gasteiger partial charge is 0.324 e. The molecule has 0 aliphatic carbocycles. The van der Waals surface area contributed by atoms with Crippen molar-refractivity contribution in [2.24, 2.45) is 4.99 Å². The van der Waals surface area contributed by atoms with E-state index in [0.29, 0.717) is 17.8 Å². The van der Waals surface area contributed by atoms with Crippen LogP contribution in [0.15, 0.2) is 71.7 Å². The molecule has 0 aliphatic heterocycles. The maximum atomic E-state index is 10.4. The highest BCUT2D eigenvalue weighted by atomic mass is 16.6. The van der Waals surface area contributed by atoms with E-state index in [0.717, 1.165) is 5.56 Å². The topological polar surface area (TPSA) is 182 Å². The quantitative estimate of drug-likeness (QED) is 0.344. The van der Waals surface area contributed by atoms with Crippen molar-refractivity contribution in [1.82, 2.24) is 0 Å². The lowest BCUT2D eigenvalue weighted by atomic mass is 10.2. The van der Waals surface area contributed by atoms with E-state index in [2.05, 4.69) is 4.99 Å². The molecule has 3 rings (SSSR count). The van der Waals surface area contributed by atoms with Crippen molar-refractivity contribution in [2.45, 2.75) is 0 Å². The first-order valence-electron chi connectivity index (χ1n) is 8.38. The van der Waals surface area contributed by atoms with Crippen LogP contribution in [0.2, 0.25) is 0 Å². The van der Waals surface area contributed by atoms with Gasteiger partial charge in [-0.3, -0.25) is 35.3 Å². The molecule has 0 amide bonds. The summed E-state index contributed by atoms with van der Waals surface area (Å²) in [4.78, 5) is 32.0. The van der Waals surface area contributed by atoms with Gasteiger partial charge in [0.1, 0.15) is 11.4 Å². The van der Waals surface area contributed by atoms with Crippen LogP contribution >= 0.6 is 0 Å². The Bertz CT molecular complexity index is 1110. The van der Waals surface area contributed by atoms with E-state index in [9.17, 15) is 35.4 Å². The summed E-state index contributed by atoms with van der Waals surface area (Å²) in [5.41, 5.74) is -1.40. The fourth-order valence-electron chi connectivity index (χ4n) is 2.23. The fraction of sp³-hybridized carbons (Fsp3) is 0. The highest BCUT2D eigenvalue weighted by Crippen LogP contribution is 2.38. The molecule has 0 fully saturated rings. The van der Waals surface area contributed by atoms with Gasteiger partial charge in [-0.2, -0.15) is 0 Å². The number of phenolic OH excluding ortho intramolecular Hbond substituents is 2. The van der Waals surface area contributed by atoms with Gasteiger partial charge in [-0.1, -0.05) is 42.5 Å². The number of hydrogen-bond donors (Lipinski definition) is 2. The van der Waals surface area contributed by atoms with Crippen LogP contribution in [0.5, 0.6) is 11.5 Å². The minimum atomic E-state index is -1.21. The number of nitro benzene ring substituents is 3. The van der Waals surface area contributed by atoms with E-state index in [1.807, 2.05) is 36.4 Å². The normalized spacial score (nSPS) is 10.2. The second-order valence-corrected chi connectivity index (χ2v) is 5.76. The Morgan fingerprint density at radius 2 is 1.26 bits per heavy atom. The predicted molar refractivity (Wildman–Crippen MR) is 110 cm³/mol. The molecule has 3 aromatic carbocycles. The molecule has 12 heteroatoms. The van der Waals surface area contributed by atoms with Gasteiger partial charge in [-0.15, -0.1) is 0 Å². The first kappa shape index (κ1) is 22.4. The third-order valence-corrected chi connectivity index (χ3v) is 3.69. The molecular formula is C19H14N4O8. The van der Waals surface area contributed by atoms with E-state index in [4.69, 9.17) is 5.11 Å². The standard InChI is InChI=1S/C13H11NO.C6H3N3O7/c15-13-9-5-4-8-12(13)14-10-11-6-2-1-3-7-11;10-6-4(8(13)14)1-3(7(11)12)2-5(6)9(15)16/h1-10,15H;1-2,10H. The molecule has 12 nitrogen and oxygen atoms in total. The van der Waals surface area contributed by atoms with Gasteiger partial charge >= 0.3 is 11.4 Å². The first-order chi connectivity index (χ1) is 14.7. The molecule has 0 unspecified atom stereocenters. The lowest BCUT2D eigenvalue weighted by molar-refractivity contribution is -0.404. The zero-order chi connectivity index (χ0) is 23.0. The Morgan fingerprint density at radius 1 is 0.742 bits per heavy atom. The molecule has 3 aromatic rings. The van der Waals surface area contributed by atoms with Crippen molar-refractivity contribution in [1.29, 1.82) is 0 Å². The Hall–Kier alpha value is -4.87. The molecule has 0 radical (unpaired) electrons. The molecule has 0 aliphatic rings. The van der Waals surface area contributed by atoms with Gasteiger partial charge in [0, 0.05) is 6.21 Å². The van der Waals surface area contributed by atoms with Crippen LogP contribution in [0.4, 0.5) is 22.7 Å². The maximum Gasteiger partial charge on any atom is 0.324 e. The van der Waals surface area contributed by atoms with E-state index < -0.39 is 37.6 Å². The number of aromatic hydroxyl groups is 2. The highest BCUT2D eigenvalue weighted by Gasteiger charge is 2.30. The van der Waals surface area contributed by atoms with Crippen molar-refractivity contribution in [3.05, 3.63) is 103 Å². The van der Waals surface area contributed by atoms with Crippen molar-refractivity contribution >= 4 is 29.0 Å². The number of phenols is 2. The van der Waals surface area contributed by atoms with Crippen molar-refractivity contribution in [3.8, 4) is 11.5 Å². The molecule has 2 N–H and O–H groups in total. The number of hydrogen-bond acceptors (Lipinski definition) is 9. The first-order valence-corrected chi connectivity index (χ1v) is 8.38. The van der Waals surface area contributed by atoms with Crippen LogP contribution in [0.25, 0.3) is 0 Å². The summed E-state index contributed by atoms with van der Waals surface area (Å²) in [6, 6.07) is 17.7. The third kappa shape index (κ3) is 6.05. The van der Waals surface area contributed by atoms with Crippen molar-refractivity contribution < 1.29 is 25.0 Å². The Labute approximate surface area is 173 Å². The van der Waals surface area contributed by atoms with Gasteiger partial charge in [-0.25, -0.2) is 0 Å². The SMILES string of the molecule is O=[N+]([O-])c1cc([N+](=O)[O-])c(O)c([N+](=O)[O-])c1.Oc1ccccc1N=Cc1ccccc1. The molecule has 0 heterocycles. The Morgan fingerprint density at radius 3 is 1.74 bits per heavy atom. The zero-order valence-corrected chi connectivity index (χ0v) is 15.6. The Kier molecular flexibility index (Phi) is 7.28. The van der Waals surface area contributed by atoms with E-state index in [1.54, 1.807) is 24.4 Å². The van der Waals surface area contributed by atoms with E-state index >= 15 is 0 Å². The largest absolute Gasteiger partial charge is 0.506 e. The van der Waals surface area contributed by atoms with E-state index in [-0.39, 0.29) is 5.75 Å². The van der Waals surface area contributed by atoms with Gasteiger partial charge in [0.2, 0.25) is 0 Å². The summed E-state index contributed by atoms with van der Waals surface area (Å²) < 4.78 is 0. The highest BCUT2D eigenvalue weighted by molar-refractivity contribution is 5.82. The summed E-state index contributed by atoms with van der Waals surface area (Å²) in [6.07, 6.45) is 1.73. The number of rotatable bonds is 5. The molecule has 0 atom stereocenters. The molecule has 0 spiro atoms. The average molecular weight is 426 g/mol. The molecular weight excluding hydrogens is 412 g/mol. The summed E-state index contributed by atoms with van der Waals surface area (Å²) in [6.45, 7) is 0. The minimum Gasteiger partial charge on any atom is -0.506 e. The van der Waals surface area contributed by atoms with Crippen LogP contribution in [0.3, 0.4) is 0 Å². The van der Waals surface area contributed by atoms with Gasteiger partial charge in [0.05, 0.1) is 26.9 Å². The molecule has 0 saturated carbocycles. The van der Waals surface area contributed by atoms with Gasteiger partial charge in [0.25, 0.3) is 11.4 Å². The Balaban J connectivity index is 0.000000220. The number of nitrogens with zero attached hydrogens (tertiary/aromatic N) is 4. The lowest BCUT2D eigenvalue weighted by Gasteiger charge is -1.97. The summed E-state index contributed by atoms with van der Waals surface area (Å²) in [7, 11) is 0. The van der Waals surface area contributed by atoms with Gasteiger partial charge in [0.15, 0.2) is 0 Å². The minimum absolute atomic E-state index is 0.199. The summed E-state index contributed by atoms with van der Waals surface area (Å²) in [5.74, 6) is -1.01. The van der Waals surface area contributed by atoms with Crippen LogP contribution in [0.1, 0.15) is 5.56 Å². The zero-order valence-electron chi connectivity index (χ0n) is 15.6. The number of benzene rings is 3. The van der Waals surface area contributed by atoms with Crippen molar-refractivity contribution in [2.75, 3.05) is 0 Å². The van der Waals surface area contributed by atoms with Gasteiger partial charge in [-0.05, 0) is 17.7 Å². The number of nitro groups is 3. The summed E-state index contributed by atoms with van der Waals surface area (Å²) in [5, 5.41) is 49.7. The van der Waals surface area contributed by atoms with Crippen molar-refractivity contribution in [3.63, 3.8) is 0 Å². The van der Waals surface area contributed by atoms with E-state index in [1.165, 1.54) is 0 Å². The maximum absolute atomic E-state index is 10.4. The average Bonchev–Trinajstić information content (AvgIpc) is 2.74. The summed E-state index contributed by atoms with van der Waals surface area (Å²) >= 11 is 0. The molecule has 0 bridgehead atoms. The van der Waals surface area contributed by atoms with Crippen LogP contribution < -0.4 is 0 Å². The second-order valence-electron chi connectivity index (χ2n) is 5.76. The van der Waals surface area contributed by atoms with Crippen LogP contribution in [0, 0.1) is 30.3 Å². The van der Waals surface area contributed by atoms with Crippen LogP contribution in [-0.2, 0) is 0 Å². The second kappa shape index (κ2) is 10.1. The fourth-order valence-corrected chi connectivity index (χ4v) is 2.23. The monoisotopic (exact) mass is 426 g/mol. The number of non-ortho nitro benzene ring substituents is 1. The number of para-hydroxylation sites is 2. The third-order valence-electron chi connectivity index (χ3n) is 3.69.